The van der Waals surface area contributed by atoms with Crippen molar-refractivity contribution in [1.82, 2.24) is 5.32 Å². The van der Waals surface area contributed by atoms with E-state index in [4.69, 9.17) is 4.42 Å². The molecule has 1 N–H and O–H groups in total. The van der Waals surface area contributed by atoms with Gasteiger partial charge in [0, 0.05) is 5.70 Å². The minimum Gasteiger partial charge on any atom is -0.467 e. The average Bonchev–Trinajstić information content (AvgIpc) is 3.23. The van der Waals surface area contributed by atoms with E-state index in [0.29, 0.717) is 24.4 Å². The summed E-state index contributed by atoms with van der Waals surface area (Å²) < 4.78 is 20.8. The molecular weight excluding hydrogens is 363 g/mol. The lowest BCUT2D eigenvalue weighted by molar-refractivity contribution is 0.512. The van der Waals surface area contributed by atoms with E-state index in [0.717, 1.165) is 48.3 Å². The van der Waals surface area contributed by atoms with Crippen LogP contribution in [-0.4, -0.2) is 5.84 Å². The molecule has 0 atom stereocenters. The molecule has 0 aromatic carbocycles. The third kappa shape index (κ3) is 9.47. The first kappa shape index (κ1) is 26.5. The first-order valence-electron chi connectivity index (χ1n) is 10.3. The molecular formula is C25H37FN2O. The minimum absolute atomic E-state index is 0.145. The molecule has 1 rings (SSSR count). The van der Waals surface area contributed by atoms with Gasteiger partial charge in [0.15, 0.2) is 0 Å². The molecule has 0 radical (unpaired) electrons. The third-order valence-electron chi connectivity index (χ3n) is 4.27. The summed E-state index contributed by atoms with van der Waals surface area (Å²) in [4.78, 5) is 4.67. The van der Waals surface area contributed by atoms with Gasteiger partial charge < -0.3 is 9.73 Å². The smallest absolute Gasteiger partial charge is 0.135 e. The molecule has 29 heavy (non-hydrogen) atoms. The van der Waals surface area contributed by atoms with Gasteiger partial charge in [-0.1, -0.05) is 45.3 Å². The molecule has 0 bridgehead atoms. The molecule has 0 aliphatic heterocycles. The lowest BCUT2D eigenvalue weighted by Crippen LogP contribution is -2.25. The summed E-state index contributed by atoms with van der Waals surface area (Å²) in [6, 6.07) is 3.72. The number of rotatable bonds is 10. The van der Waals surface area contributed by atoms with Crippen LogP contribution in [-0.2, 0) is 6.54 Å². The van der Waals surface area contributed by atoms with Crippen LogP contribution in [0.2, 0.25) is 0 Å². The molecule has 1 heterocycles. The number of amidine groups is 1. The molecule has 0 saturated heterocycles. The van der Waals surface area contributed by atoms with Crippen molar-refractivity contribution in [2.75, 3.05) is 0 Å². The van der Waals surface area contributed by atoms with Crippen molar-refractivity contribution in [1.29, 1.82) is 0 Å². The number of aliphatic imine (C=N–C) groups is 1. The number of unbranched alkanes of at least 4 members (excludes halogenated alkanes) is 1. The molecule has 0 aliphatic carbocycles. The van der Waals surface area contributed by atoms with E-state index in [1.54, 1.807) is 6.26 Å². The summed E-state index contributed by atoms with van der Waals surface area (Å²) in [6.07, 6.45) is 16.2. The van der Waals surface area contributed by atoms with Gasteiger partial charge in [-0.05, 0) is 57.7 Å². The lowest BCUT2D eigenvalue weighted by atomic mass is 9.99. The largest absolute Gasteiger partial charge is 0.467 e. The first-order valence-corrected chi connectivity index (χ1v) is 10.3. The molecule has 0 unspecified atom stereocenters. The molecule has 0 aliphatic rings. The van der Waals surface area contributed by atoms with Gasteiger partial charge in [0.2, 0.25) is 0 Å². The van der Waals surface area contributed by atoms with E-state index in [2.05, 4.69) is 43.1 Å². The highest BCUT2D eigenvalue weighted by Crippen LogP contribution is 2.26. The monoisotopic (exact) mass is 400 g/mol. The Hall–Kier alpha value is -2.54. The van der Waals surface area contributed by atoms with Gasteiger partial charge in [-0.25, -0.2) is 4.39 Å². The molecule has 0 saturated carbocycles. The van der Waals surface area contributed by atoms with E-state index < -0.39 is 0 Å². The van der Waals surface area contributed by atoms with Crippen LogP contribution < -0.4 is 5.32 Å². The third-order valence-corrected chi connectivity index (χ3v) is 4.27. The van der Waals surface area contributed by atoms with Gasteiger partial charge in [0.25, 0.3) is 0 Å². The Morgan fingerprint density at radius 2 is 1.86 bits per heavy atom. The van der Waals surface area contributed by atoms with Crippen molar-refractivity contribution < 1.29 is 8.81 Å². The summed E-state index contributed by atoms with van der Waals surface area (Å²) in [5.74, 6) is 1.18. The zero-order chi connectivity index (χ0) is 22.2. The fourth-order valence-electron chi connectivity index (χ4n) is 2.82. The summed E-state index contributed by atoms with van der Waals surface area (Å²) in [5, 5.41) is 3.34. The molecule has 1 aromatic rings. The van der Waals surface area contributed by atoms with Crippen molar-refractivity contribution >= 4 is 5.84 Å². The number of halogens is 1. The maximum Gasteiger partial charge on any atom is 0.135 e. The molecule has 0 fully saturated rings. The van der Waals surface area contributed by atoms with E-state index in [1.165, 1.54) is 0 Å². The maximum atomic E-state index is 15.4. The fourth-order valence-corrected chi connectivity index (χ4v) is 2.82. The van der Waals surface area contributed by atoms with Gasteiger partial charge in [-0.3, -0.25) is 4.99 Å². The van der Waals surface area contributed by atoms with Gasteiger partial charge in [0.1, 0.15) is 17.4 Å². The quantitative estimate of drug-likeness (QED) is 0.191. The normalized spacial score (nSPS) is 12.6. The lowest BCUT2D eigenvalue weighted by Gasteiger charge is -2.17. The van der Waals surface area contributed by atoms with E-state index in [9.17, 15) is 0 Å². The number of terminal acetylenes is 1. The molecule has 0 spiro atoms. The topological polar surface area (TPSA) is 37.5 Å². The summed E-state index contributed by atoms with van der Waals surface area (Å²) in [7, 11) is 0. The van der Waals surface area contributed by atoms with Gasteiger partial charge in [0.05, 0.1) is 18.4 Å². The highest BCUT2D eigenvalue weighted by molar-refractivity contribution is 6.03. The Balaban J connectivity index is 0.00000379. The van der Waals surface area contributed by atoms with Crippen LogP contribution in [0.5, 0.6) is 0 Å². The number of nitrogens with one attached hydrogen (secondary N) is 1. The molecule has 160 valence electrons. The van der Waals surface area contributed by atoms with E-state index in [1.807, 2.05) is 39.8 Å². The van der Waals surface area contributed by atoms with Crippen molar-refractivity contribution in [3.05, 3.63) is 58.5 Å². The van der Waals surface area contributed by atoms with E-state index in [-0.39, 0.29) is 5.83 Å². The van der Waals surface area contributed by atoms with Crippen LogP contribution >= 0.6 is 0 Å². The van der Waals surface area contributed by atoms with Crippen molar-refractivity contribution in [2.45, 2.75) is 80.2 Å². The Morgan fingerprint density at radius 3 is 2.34 bits per heavy atom. The van der Waals surface area contributed by atoms with Gasteiger partial charge >= 0.3 is 0 Å². The highest BCUT2D eigenvalue weighted by atomic mass is 19.1. The highest BCUT2D eigenvalue weighted by Gasteiger charge is 2.18. The SMILES string of the molecule is C#C.CCC/C=C(\C)NC(=NCc1ccco1)C(=C(C)C)/C(F)=C(/CC)CCC. The number of hydrogen-bond donors (Lipinski definition) is 1. The summed E-state index contributed by atoms with van der Waals surface area (Å²) >= 11 is 0. The molecule has 0 amide bonds. The van der Waals surface area contributed by atoms with Crippen molar-refractivity contribution in [3.63, 3.8) is 0 Å². The summed E-state index contributed by atoms with van der Waals surface area (Å²) in [5.41, 5.74) is 3.30. The fraction of sp³-hybridized carbons (Fsp3) is 0.480. The Labute approximate surface area is 176 Å². The van der Waals surface area contributed by atoms with Gasteiger partial charge in [-0.15, -0.1) is 12.8 Å². The van der Waals surface area contributed by atoms with Gasteiger partial charge in [-0.2, -0.15) is 0 Å². The number of furan rings is 1. The van der Waals surface area contributed by atoms with Crippen LogP contribution in [0.1, 0.15) is 79.4 Å². The predicted molar refractivity (Wildman–Crippen MR) is 123 cm³/mol. The van der Waals surface area contributed by atoms with E-state index >= 15 is 4.39 Å². The molecule has 3 nitrogen and oxygen atoms in total. The predicted octanol–water partition coefficient (Wildman–Crippen LogP) is 7.49. The van der Waals surface area contributed by atoms with Crippen LogP contribution in [0.4, 0.5) is 4.39 Å². The van der Waals surface area contributed by atoms with Crippen LogP contribution in [0, 0.1) is 12.8 Å². The maximum absolute atomic E-state index is 15.4. The van der Waals surface area contributed by atoms with Crippen molar-refractivity contribution in [2.24, 2.45) is 4.99 Å². The number of nitrogens with zero attached hydrogens (tertiary/aromatic N) is 1. The second-order valence-electron chi connectivity index (χ2n) is 6.94. The number of hydrogen-bond acceptors (Lipinski definition) is 2. The van der Waals surface area contributed by atoms with Crippen LogP contribution in [0.15, 0.2) is 62.1 Å². The minimum atomic E-state index is -0.145. The Kier molecular flexibility index (Phi) is 14.0. The second kappa shape index (κ2) is 15.4. The number of allylic oxidation sites excluding steroid dienone is 4. The van der Waals surface area contributed by atoms with Crippen LogP contribution in [0.25, 0.3) is 0 Å². The second-order valence-corrected chi connectivity index (χ2v) is 6.94. The molecule has 4 heteroatoms. The summed E-state index contributed by atoms with van der Waals surface area (Å²) in [6.45, 7) is 12.5. The Morgan fingerprint density at radius 1 is 1.17 bits per heavy atom. The zero-order valence-electron chi connectivity index (χ0n) is 18.9. The Bertz CT molecular complexity index is 730. The average molecular weight is 401 g/mol. The van der Waals surface area contributed by atoms with Crippen LogP contribution in [0.3, 0.4) is 0 Å². The molecule has 1 aromatic heterocycles. The van der Waals surface area contributed by atoms with Crippen molar-refractivity contribution in [3.8, 4) is 12.8 Å². The standard InChI is InChI=1S/C23H35FN2O.C2H2/c1-7-10-13-18(6)26-23(25-16-20-14-11-15-27-20)21(17(4)5)22(24)19(9-3)12-8-2;1-2/h11,13-15H,7-10,12,16H2,1-6H3,(H,25,26);1-2H/b18-13+,22-19+;. The first-order chi connectivity index (χ1) is 13.9. The zero-order valence-corrected chi connectivity index (χ0v) is 18.9.